The fourth-order valence-electron chi connectivity index (χ4n) is 0.722. The van der Waals surface area contributed by atoms with Crippen LogP contribution in [0.4, 0.5) is 0 Å². The summed E-state index contributed by atoms with van der Waals surface area (Å²) >= 11 is 0. The van der Waals surface area contributed by atoms with Gasteiger partial charge in [0.05, 0.1) is 7.11 Å². The zero-order chi connectivity index (χ0) is 7.40. The van der Waals surface area contributed by atoms with Gasteiger partial charge in [0.2, 0.25) is 0 Å². The number of ether oxygens (including phenoxy) is 1. The molecule has 0 atom stereocenters. The van der Waals surface area contributed by atoms with Crippen LogP contribution < -0.4 is 10.2 Å². The van der Waals surface area contributed by atoms with E-state index in [-0.39, 0.29) is 0 Å². The summed E-state index contributed by atoms with van der Waals surface area (Å²) in [5, 5.41) is 8.58. The van der Waals surface area contributed by atoms with Crippen molar-refractivity contribution in [3.05, 3.63) is 24.3 Å². The molecule has 0 aliphatic carbocycles. The van der Waals surface area contributed by atoms with Gasteiger partial charge in [0, 0.05) is 0 Å². The molecule has 1 aromatic carbocycles. The summed E-state index contributed by atoms with van der Waals surface area (Å²) < 4.78 is 4.93. The highest BCUT2D eigenvalue weighted by atomic mass is 16.5. The van der Waals surface area contributed by atoms with Gasteiger partial charge in [-0.2, -0.15) is 0 Å². The normalized spacial score (nSPS) is 9.00. The van der Waals surface area contributed by atoms with E-state index >= 15 is 0 Å². The predicted octanol–water partition coefficient (Wildman–Crippen LogP) is -0.0680. The highest BCUT2D eigenvalue weighted by Crippen LogP contribution is 2.04. The fraction of sp³-hybridized carbons (Fsp3) is 0.143. The molecular formula is C7H8BO2. The molecule has 1 rings (SSSR count). The minimum absolute atomic E-state index is 0.749. The summed E-state index contributed by atoms with van der Waals surface area (Å²) in [6.07, 6.45) is 0. The molecule has 2 nitrogen and oxygen atoms in total. The summed E-state index contributed by atoms with van der Waals surface area (Å²) in [5.74, 6) is 0.753. The molecule has 0 spiro atoms. The third-order valence-electron chi connectivity index (χ3n) is 1.24. The van der Waals surface area contributed by atoms with Gasteiger partial charge in [-0.05, 0) is 12.1 Å². The number of methoxy groups -OCH3 is 1. The molecule has 51 valence electrons. The van der Waals surface area contributed by atoms with E-state index in [0.29, 0.717) is 0 Å². The molecule has 0 bridgehead atoms. The van der Waals surface area contributed by atoms with E-state index in [2.05, 4.69) is 0 Å². The molecule has 3 heteroatoms. The van der Waals surface area contributed by atoms with Crippen LogP contribution >= 0.6 is 0 Å². The van der Waals surface area contributed by atoms with Crippen LogP contribution in [0.25, 0.3) is 0 Å². The minimum atomic E-state index is 0.749. The van der Waals surface area contributed by atoms with Crippen LogP contribution in [0.3, 0.4) is 0 Å². The van der Waals surface area contributed by atoms with E-state index in [1.807, 2.05) is 12.1 Å². The Morgan fingerprint density at radius 2 is 2.30 bits per heavy atom. The molecule has 0 heterocycles. The van der Waals surface area contributed by atoms with Gasteiger partial charge in [-0.3, -0.25) is 0 Å². The lowest BCUT2D eigenvalue weighted by Crippen LogP contribution is -2.12. The van der Waals surface area contributed by atoms with Gasteiger partial charge < -0.3 is 9.76 Å². The molecule has 0 aliphatic rings. The predicted molar refractivity (Wildman–Crippen MR) is 40.6 cm³/mol. The van der Waals surface area contributed by atoms with Crippen LogP contribution in [0, 0.1) is 0 Å². The molecular weight excluding hydrogens is 127 g/mol. The van der Waals surface area contributed by atoms with Crippen molar-refractivity contribution in [1.29, 1.82) is 0 Å². The van der Waals surface area contributed by atoms with Crippen molar-refractivity contribution in [2.75, 3.05) is 7.11 Å². The average molecular weight is 135 g/mol. The van der Waals surface area contributed by atoms with Crippen molar-refractivity contribution in [2.45, 2.75) is 0 Å². The van der Waals surface area contributed by atoms with Crippen LogP contribution in [-0.4, -0.2) is 19.6 Å². The fourth-order valence-corrected chi connectivity index (χ4v) is 0.722. The highest BCUT2D eigenvalue weighted by Gasteiger charge is 1.93. The van der Waals surface area contributed by atoms with E-state index in [1.165, 1.54) is 0 Å². The standard InChI is InChI=1S/C7H8BO2/c1-10-7-4-2-3-6(5-7)8-9/h2-5,9H,1H3. The maximum absolute atomic E-state index is 8.58. The second-order valence-corrected chi connectivity index (χ2v) is 1.91. The molecule has 0 aliphatic heterocycles. The lowest BCUT2D eigenvalue weighted by molar-refractivity contribution is 0.415. The lowest BCUT2D eigenvalue weighted by Gasteiger charge is -1.99. The van der Waals surface area contributed by atoms with Crippen LogP contribution in [0.15, 0.2) is 24.3 Å². The highest BCUT2D eigenvalue weighted by molar-refractivity contribution is 6.45. The van der Waals surface area contributed by atoms with Crippen LogP contribution in [0.2, 0.25) is 0 Å². The van der Waals surface area contributed by atoms with Crippen LogP contribution in [0.5, 0.6) is 5.75 Å². The first-order chi connectivity index (χ1) is 4.86. The van der Waals surface area contributed by atoms with Gasteiger partial charge in [0.25, 0.3) is 0 Å². The van der Waals surface area contributed by atoms with Crippen molar-refractivity contribution in [3.8, 4) is 5.75 Å². The number of benzene rings is 1. The monoisotopic (exact) mass is 135 g/mol. The maximum Gasteiger partial charge on any atom is 0.326 e. The number of hydrogen-bond donors (Lipinski definition) is 1. The van der Waals surface area contributed by atoms with E-state index in [4.69, 9.17) is 9.76 Å². The van der Waals surface area contributed by atoms with Crippen molar-refractivity contribution in [1.82, 2.24) is 0 Å². The molecule has 0 saturated heterocycles. The Morgan fingerprint density at radius 3 is 2.90 bits per heavy atom. The molecule has 0 aromatic heterocycles. The Morgan fingerprint density at radius 1 is 1.50 bits per heavy atom. The molecule has 1 aromatic rings. The van der Waals surface area contributed by atoms with Gasteiger partial charge in [-0.15, -0.1) is 0 Å². The molecule has 0 amide bonds. The van der Waals surface area contributed by atoms with Gasteiger partial charge in [-0.25, -0.2) is 0 Å². The largest absolute Gasteiger partial charge is 0.497 e. The number of hydrogen-bond acceptors (Lipinski definition) is 2. The summed E-state index contributed by atoms with van der Waals surface area (Å²) in [6, 6.07) is 7.19. The van der Waals surface area contributed by atoms with Crippen molar-refractivity contribution >= 4 is 12.9 Å². The third-order valence-corrected chi connectivity index (χ3v) is 1.24. The Hall–Kier alpha value is -0.955. The quantitative estimate of drug-likeness (QED) is 0.575. The third kappa shape index (κ3) is 1.51. The molecule has 10 heavy (non-hydrogen) atoms. The summed E-state index contributed by atoms with van der Waals surface area (Å²) in [7, 11) is 2.64. The van der Waals surface area contributed by atoms with Crippen molar-refractivity contribution < 1.29 is 9.76 Å². The van der Waals surface area contributed by atoms with Crippen LogP contribution in [0.1, 0.15) is 0 Å². The first-order valence-corrected chi connectivity index (χ1v) is 2.98. The van der Waals surface area contributed by atoms with E-state index in [9.17, 15) is 0 Å². The minimum Gasteiger partial charge on any atom is -0.497 e. The summed E-state index contributed by atoms with van der Waals surface area (Å²) in [6.45, 7) is 0. The first-order valence-electron chi connectivity index (χ1n) is 2.98. The Bertz CT molecular complexity index is 193. The molecule has 0 fully saturated rings. The number of rotatable bonds is 2. The molecule has 1 radical (unpaired) electrons. The van der Waals surface area contributed by atoms with E-state index in [1.54, 1.807) is 19.2 Å². The van der Waals surface area contributed by atoms with Gasteiger partial charge in [-0.1, -0.05) is 17.6 Å². The lowest BCUT2D eigenvalue weighted by atomic mass is 9.89. The Balaban J connectivity index is 2.87. The SMILES string of the molecule is COc1cccc([B]O)c1. The first kappa shape index (κ1) is 7.16. The zero-order valence-electron chi connectivity index (χ0n) is 5.74. The summed E-state index contributed by atoms with van der Waals surface area (Å²) in [4.78, 5) is 0. The van der Waals surface area contributed by atoms with Gasteiger partial charge in [0.1, 0.15) is 5.75 Å². The Labute approximate surface area is 60.7 Å². The second kappa shape index (κ2) is 3.27. The van der Waals surface area contributed by atoms with E-state index in [0.717, 1.165) is 18.7 Å². The van der Waals surface area contributed by atoms with Gasteiger partial charge in [0.15, 0.2) is 0 Å². The van der Waals surface area contributed by atoms with Crippen molar-refractivity contribution in [2.24, 2.45) is 0 Å². The van der Waals surface area contributed by atoms with Crippen molar-refractivity contribution in [3.63, 3.8) is 0 Å². The Kier molecular flexibility index (Phi) is 2.34. The van der Waals surface area contributed by atoms with E-state index < -0.39 is 0 Å². The van der Waals surface area contributed by atoms with Crippen LogP contribution in [-0.2, 0) is 0 Å². The second-order valence-electron chi connectivity index (χ2n) is 1.91. The molecule has 0 saturated carbocycles. The molecule has 0 unspecified atom stereocenters. The topological polar surface area (TPSA) is 29.5 Å². The maximum atomic E-state index is 8.58. The average Bonchev–Trinajstić information content (AvgIpc) is 2.05. The molecule has 1 N–H and O–H groups in total. The summed E-state index contributed by atoms with van der Waals surface area (Å²) in [5.41, 5.74) is 0.749. The smallest absolute Gasteiger partial charge is 0.326 e. The van der Waals surface area contributed by atoms with Gasteiger partial charge >= 0.3 is 7.48 Å². The zero-order valence-corrected chi connectivity index (χ0v) is 5.74.